The Morgan fingerprint density at radius 2 is 1.01 bits per heavy atom. The SMILES string of the molecule is CSCC[C@H](NC(=O)[C@@H](CC(C)C)NC(=O)CNC(=O)[C@H](Cc1ccccc1)NC(=O)[C@H](Cc1ccccc1)NC(=O)[C@@H](CCC(N)=O)NC(=O)[C@H](CCC(N)=O)NC(=O)[C@H]1CCCN1C(=O)[C@H](CCCCN)NC(=O)[C@@H]1CCCN1C(=O)[C@@H](N)CCCN=C(N)N)C(N)=O. The number of carbonyl (C=O) groups is 13. The van der Waals surface area contributed by atoms with Crippen molar-refractivity contribution >= 4 is 94.5 Å². The van der Waals surface area contributed by atoms with Crippen molar-refractivity contribution in [2.75, 3.05) is 44.7 Å². The first-order chi connectivity index (χ1) is 45.2. The molecule has 31 nitrogen and oxygen atoms in total. The van der Waals surface area contributed by atoms with Gasteiger partial charge < -0.3 is 92.5 Å². The zero-order valence-corrected chi connectivity index (χ0v) is 55.3. The maximum Gasteiger partial charge on any atom is 0.245 e. The summed E-state index contributed by atoms with van der Waals surface area (Å²) in [5.41, 5.74) is 40.6. The van der Waals surface area contributed by atoms with E-state index in [4.69, 9.17) is 40.1 Å². The second-order valence-electron chi connectivity index (χ2n) is 24.1. The molecule has 2 aromatic carbocycles. The average molecular weight is 1350 g/mol. The van der Waals surface area contributed by atoms with Crippen molar-refractivity contribution in [3.05, 3.63) is 71.8 Å². The molecule has 0 bridgehead atoms. The number of amides is 13. The molecular formula is C63H98N18O13S. The molecule has 0 radical (unpaired) electrons. The first kappa shape index (κ1) is 78.5. The highest BCUT2D eigenvalue weighted by molar-refractivity contribution is 7.98. The Kier molecular flexibility index (Phi) is 33.9. The lowest BCUT2D eigenvalue weighted by atomic mass is 10.0. The number of hydrogen-bond donors (Lipinski definition) is 15. The first-order valence-electron chi connectivity index (χ1n) is 32.2. The van der Waals surface area contributed by atoms with Gasteiger partial charge in [0, 0.05) is 45.3 Å². The number of guanidine groups is 1. The molecule has 0 aromatic heterocycles. The van der Waals surface area contributed by atoms with Crippen LogP contribution in [0, 0.1) is 5.92 Å². The van der Waals surface area contributed by atoms with E-state index < -0.39 is 169 Å². The maximum absolute atomic E-state index is 14.7. The van der Waals surface area contributed by atoms with Gasteiger partial charge in [-0.2, -0.15) is 11.8 Å². The number of nitrogens with zero attached hydrogens (tertiary/aromatic N) is 3. The van der Waals surface area contributed by atoms with Crippen molar-refractivity contribution < 1.29 is 62.3 Å². The standard InChI is InChI=1S/C63H98N18O13S/c1-37(2)33-45(57(89)74-41(53(68)85)27-32-95-3)73-52(84)36-72-54(86)46(34-38-15-6-4-7-16-38)78-58(90)47(35-39-17-8-5-9-18-39)79-56(88)42(23-25-50(66)82)75-55(87)43(24-26-51(67)83)76-59(91)49-22-14-31-81(49)62(94)44(20-10-11-28-64)77-60(92)48-21-13-30-80(48)61(93)40(65)19-12-29-71-63(69)70/h4-9,15-18,37,40-49H,10-14,19-36,64-65H2,1-3H3,(H2,66,82)(H2,67,83)(H2,68,85)(H,72,86)(H,73,84)(H,74,89)(H,75,87)(H,76,91)(H,77,92)(H,78,90)(H,79,88)(H4,69,70,71)/t40-,41-,42+,43-,44-,45+,46-,47-,48-,49+/m0/s1. The van der Waals surface area contributed by atoms with Crippen LogP contribution in [0.3, 0.4) is 0 Å². The van der Waals surface area contributed by atoms with Gasteiger partial charge in [0.1, 0.15) is 54.4 Å². The molecule has 0 aliphatic carbocycles. The lowest BCUT2D eigenvalue weighted by Crippen LogP contribution is -2.60. The number of carbonyl (C=O) groups excluding carboxylic acids is 13. The quantitative estimate of drug-likeness (QED) is 0.0173. The number of hydrogen-bond acceptors (Lipinski definition) is 17. The minimum atomic E-state index is -1.64. The van der Waals surface area contributed by atoms with Crippen molar-refractivity contribution in [1.29, 1.82) is 0 Å². The number of unbranched alkanes of at least 4 members (excludes halogenated alkanes) is 1. The summed E-state index contributed by atoms with van der Waals surface area (Å²) in [6, 6.07) is 4.51. The Bertz CT molecular complexity index is 2960. The van der Waals surface area contributed by atoms with Gasteiger partial charge in [0.05, 0.1) is 12.6 Å². The summed E-state index contributed by atoms with van der Waals surface area (Å²) in [4.78, 5) is 185. The molecule has 4 rings (SSSR count). The normalized spacial score (nSPS) is 16.8. The van der Waals surface area contributed by atoms with Gasteiger partial charge in [0.25, 0.3) is 0 Å². The molecule has 0 saturated carbocycles. The summed E-state index contributed by atoms with van der Waals surface area (Å²) in [5, 5.41) is 21.1. The predicted molar refractivity (Wildman–Crippen MR) is 356 cm³/mol. The predicted octanol–water partition coefficient (Wildman–Crippen LogP) is -3.71. The smallest absolute Gasteiger partial charge is 0.245 e. The summed E-state index contributed by atoms with van der Waals surface area (Å²) in [6.07, 6.45) is 3.12. The van der Waals surface area contributed by atoms with Crippen LogP contribution in [0.2, 0.25) is 0 Å². The van der Waals surface area contributed by atoms with Gasteiger partial charge in [-0.05, 0) is 119 Å². The van der Waals surface area contributed by atoms with Crippen molar-refractivity contribution in [3.8, 4) is 0 Å². The molecule has 2 heterocycles. The lowest BCUT2D eigenvalue weighted by molar-refractivity contribution is -0.144. The molecule has 32 heteroatoms. The number of aliphatic imine (C=N–C) groups is 1. The zero-order chi connectivity index (χ0) is 70.1. The molecule has 2 aliphatic rings. The molecule has 2 aliphatic heterocycles. The van der Waals surface area contributed by atoms with Gasteiger partial charge in [-0.15, -0.1) is 0 Å². The van der Waals surface area contributed by atoms with Crippen molar-refractivity contribution in [2.24, 2.45) is 51.0 Å². The fourth-order valence-corrected chi connectivity index (χ4v) is 11.5. The fourth-order valence-electron chi connectivity index (χ4n) is 11.0. The second kappa shape index (κ2) is 41.0. The Morgan fingerprint density at radius 3 is 1.51 bits per heavy atom. The fraction of sp³-hybridized carbons (Fsp3) is 0.587. The number of thioether (sulfide) groups is 1. The van der Waals surface area contributed by atoms with Crippen LogP contribution in [0.1, 0.15) is 121 Å². The number of likely N-dealkylation sites (tertiary alicyclic amines) is 2. The number of benzene rings is 2. The topological polar surface area (TPSA) is 519 Å². The van der Waals surface area contributed by atoms with Gasteiger partial charge in [0.2, 0.25) is 76.8 Å². The highest BCUT2D eigenvalue weighted by Gasteiger charge is 2.42. The van der Waals surface area contributed by atoms with Crippen LogP contribution in [-0.2, 0) is 75.2 Å². The molecule has 2 saturated heterocycles. The summed E-state index contributed by atoms with van der Waals surface area (Å²) in [7, 11) is 0. The monoisotopic (exact) mass is 1350 g/mol. The third-order valence-corrected chi connectivity index (χ3v) is 16.7. The zero-order valence-electron chi connectivity index (χ0n) is 54.5. The van der Waals surface area contributed by atoms with Gasteiger partial charge in [-0.1, -0.05) is 74.5 Å². The highest BCUT2D eigenvalue weighted by Crippen LogP contribution is 2.24. The van der Waals surface area contributed by atoms with E-state index in [2.05, 4.69) is 47.5 Å². The molecule has 95 heavy (non-hydrogen) atoms. The van der Waals surface area contributed by atoms with Crippen molar-refractivity contribution in [2.45, 2.75) is 183 Å². The third kappa shape index (κ3) is 27.5. The molecule has 2 aromatic rings. The number of nitrogens with two attached hydrogens (primary N) is 7. The summed E-state index contributed by atoms with van der Waals surface area (Å²) in [5.74, 6) is -9.80. The van der Waals surface area contributed by atoms with E-state index in [1.165, 1.54) is 21.6 Å². The minimum Gasteiger partial charge on any atom is -0.370 e. The number of rotatable bonds is 42. The van der Waals surface area contributed by atoms with E-state index in [0.717, 1.165) is 0 Å². The van der Waals surface area contributed by atoms with E-state index in [9.17, 15) is 62.3 Å². The van der Waals surface area contributed by atoms with Crippen LogP contribution in [0.5, 0.6) is 0 Å². The Balaban J connectivity index is 1.56. The van der Waals surface area contributed by atoms with E-state index >= 15 is 0 Å². The van der Waals surface area contributed by atoms with E-state index in [-0.39, 0.29) is 83.0 Å². The third-order valence-electron chi connectivity index (χ3n) is 16.0. The summed E-state index contributed by atoms with van der Waals surface area (Å²) >= 11 is 1.45. The van der Waals surface area contributed by atoms with Crippen LogP contribution in [0.25, 0.3) is 0 Å². The first-order valence-corrected chi connectivity index (χ1v) is 33.6. The second-order valence-corrected chi connectivity index (χ2v) is 25.1. The van der Waals surface area contributed by atoms with E-state index in [1.807, 2.05) is 20.1 Å². The molecule has 22 N–H and O–H groups in total. The van der Waals surface area contributed by atoms with Gasteiger partial charge >= 0.3 is 0 Å². The molecule has 524 valence electrons. The van der Waals surface area contributed by atoms with Crippen LogP contribution >= 0.6 is 11.8 Å². The van der Waals surface area contributed by atoms with Gasteiger partial charge in [0.15, 0.2) is 5.96 Å². The van der Waals surface area contributed by atoms with E-state index in [0.29, 0.717) is 55.4 Å². The van der Waals surface area contributed by atoms with Crippen LogP contribution in [0.4, 0.5) is 0 Å². The van der Waals surface area contributed by atoms with Crippen LogP contribution in [0.15, 0.2) is 65.7 Å². The molecular weight excluding hydrogens is 1250 g/mol. The molecule has 13 amide bonds. The molecule has 0 spiro atoms. The Hall–Kier alpha value is -8.91. The van der Waals surface area contributed by atoms with Crippen molar-refractivity contribution in [1.82, 2.24) is 52.3 Å². The Labute approximate surface area is 558 Å². The lowest BCUT2D eigenvalue weighted by Gasteiger charge is -2.32. The van der Waals surface area contributed by atoms with Crippen LogP contribution < -0.4 is 82.7 Å². The highest BCUT2D eigenvalue weighted by atomic mass is 32.2. The number of nitrogens with one attached hydrogen (secondary N) is 8. The van der Waals surface area contributed by atoms with Gasteiger partial charge in [-0.3, -0.25) is 67.3 Å². The maximum atomic E-state index is 14.7. The van der Waals surface area contributed by atoms with E-state index in [1.54, 1.807) is 60.7 Å². The average Bonchev–Trinajstić information content (AvgIpc) is 1.74. The number of primary amides is 3. The summed E-state index contributed by atoms with van der Waals surface area (Å²) < 4.78 is 0. The van der Waals surface area contributed by atoms with Gasteiger partial charge in [-0.25, -0.2) is 0 Å². The largest absolute Gasteiger partial charge is 0.370 e. The Morgan fingerprint density at radius 1 is 0.537 bits per heavy atom. The van der Waals surface area contributed by atoms with Crippen LogP contribution in [-0.4, -0.2) is 198 Å². The minimum absolute atomic E-state index is 0.0736. The molecule has 0 unspecified atom stereocenters. The van der Waals surface area contributed by atoms with Crippen molar-refractivity contribution in [3.63, 3.8) is 0 Å². The summed E-state index contributed by atoms with van der Waals surface area (Å²) in [6.45, 7) is 3.86. The molecule has 10 atom stereocenters. The molecule has 2 fully saturated rings.